The number of halogens is 1. The Balaban J connectivity index is 1.71. The number of piperidine rings is 1. The Bertz CT molecular complexity index is 1360. The van der Waals surface area contributed by atoms with Gasteiger partial charge in [-0.3, -0.25) is 0 Å². The fraction of sp³-hybridized carbons (Fsp3) is 0.455. The summed E-state index contributed by atoms with van der Waals surface area (Å²) < 4.78 is 25.2. The van der Waals surface area contributed by atoms with Crippen molar-refractivity contribution >= 4 is 17.5 Å². The lowest BCUT2D eigenvalue weighted by molar-refractivity contribution is -0.160. The maximum atomic E-state index is 13.2. The maximum Gasteiger partial charge on any atom is 0.337 e. The molecule has 0 radical (unpaired) electrons. The molecule has 7 nitrogen and oxygen atoms in total. The summed E-state index contributed by atoms with van der Waals surface area (Å²) in [6.45, 7) is 13.9. The number of carboxylic acid groups (broad SMARTS) is 1. The van der Waals surface area contributed by atoms with Crippen molar-refractivity contribution in [1.82, 2.24) is 4.98 Å². The molecule has 3 aromatic rings. The van der Waals surface area contributed by atoms with Crippen LogP contribution in [0.4, 0.5) is 15.9 Å². The van der Waals surface area contributed by atoms with E-state index in [9.17, 15) is 14.3 Å². The van der Waals surface area contributed by atoms with E-state index in [0.29, 0.717) is 24.3 Å². The van der Waals surface area contributed by atoms with E-state index in [1.165, 1.54) is 12.1 Å². The first-order valence-electron chi connectivity index (χ1n) is 14.2. The molecule has 1 saturated heterocycles. The Morgan fingerprint density at radius 3 is 2.27 bits per heavy atom. The number of nitrogens with zero attached hydrogens (tertiary/aromatic N) is 2. The van der Waals surface area contributed by atoms with Crippen LogP contribution in [0.1, 0.15) is 70.4 Å². The molecule has 0 saturated carbocycles. The number of carboxylic acids is 1. The van der Waals surface area contributed by atoms with Gasteiger partial charge in [0.05, 0.1) is 23.5 Å². The lowest BCUT2D eigenvalue weighted by atomic mass is 9.82. The van der Waals surface area contributed by atoms with Crippen LogP contribution in [0, 0.1) is 18.2 Å². The van der Waals surface area contributed by atoms with E-state index in [1.54, 1.807) is 12.1 Å². The van der Waals surface area contributed by atoms with Gasteiger partial charge in [-0.05, 0) is 81.3 Å². The van der Waals surface area contributed by atoms with Gasteiger partial charge in [0.2, 0.25) is 0 Å². The Hall–Kier alpha value is -3.65. The van der Waals surface area contributed by atoms with Crippen molar-refractivity contribution in [2.45, 2.75) is 72.5 Å². The molecule has 0 spiro atoms. The van der Waals surface area contributed by atoms with Gasteiger partial charge in [0, 0.05) is 30.8 Å². The molecule has 2 aromatic carbocycles. The summed E-state index contributed by atoms with van der Waals surface area (Å²) in [6, 6.07) is 14.1. The minimum Gasteiger partial charge on any atom is -0.493 e. The fourth-order valence-corrected chi connectivity index (χ4v) is 5.23. The second-order valence-corrected chi connectivity index (χ2v) is 12.6. The summed E-state index contributed by atoms with van der Waals surface area (Å²) in [7, 11) is 0. The van der Waals surface area contributed by atoms with Crippen molar-refractivity contribution in [3.63, 3.8) is 0 Å². The highest BCUT2D eigenvalue weighted by atomic mass is 19.1. The summed E-state index contributed by atoms with van der Waals surface area (Å²) in [5.41, 5.74) is 10.6. The van der Waals surface area contributed by atoms with Crippen LogP contribution >= 0.6 is 0 Å². The Kier molecular flexibility index (Phi) is 8.92. The molecule has 0 amide bonds. The number of rotatable bonds is 9. The number of aromatic nitrogens is 1. The second kappa shape index (κ2) is 12.1. The summed E-state index contributed by atoms with van der Waals surface area (Å²) in [4.78, 5) is 19.5. The van der Waals surface area contributed by atoms with Crippen LogP contribution in [0.5, 0.6) is 5.75 Å². The van der Waals surface area contributed by atoms with E-state index < -0.39 is 17.7 Å². The largest absolute Gasteiger partial charge is 0.493 e. The zero-order valence-corrected chi connectivity index (χ0v) is 25.0. The Morgan fingerprint density at radius 1 is 1.10 bits per heavy atom. The molecule has 1 atom stereocenters. The van der Waals surface area contributed by atoms with E-state index in [-0.39, 0.29) is 17.1 Å². The molecule has 3 N–H and O–H groups in total. The molecule has 0 aliphatic carbocycles. The first-order valence-corrected chi connectivity index (χ1v) is 14.2. The molecule has 1 fully saturated rings. The van der Waals surface area contributed by atoms with Crippen molar-refractivity contribution < 1.29 is 23.8 Å². The lowest BCUT2D eigenvalue weighted by Crippen LogP contribution is -2.39. The number of pyridine rings is 1. The van der Waals surface area contributed by atoms with Gasteiger partial charge < -0.3 is 25.2 Å². The van der Waals surface area contributed by atoms with Crippen molar-refractivity contribution in [3.8, 4) is 16.9 Å². The van der Waals surface area contributed by atoms with Crippen LogP contribution in [0.2, 0.25) is 0 Å². The van der Waals surface area contributed by atoms with E-state index in [0.717, 1.165) is 54.0 Å². The smallest absolute Gasteiger partial charge is 0.337 e. The van der Waals surface area contributed by atoms with E-state index in [2.05, 4.69) is 23.7 Å². The molecule has 4 rings (SSSR count). The number of aliphatic carboxylic acids is 1. The van der Waals surface area contributed by atoms with Crippen molar-refractivity contribution in [1.29, 1.82) is 0 Å². The zero-order valence-electron chi connectivity index (χ0n) is 25.0. The molecule has 220 valence electrons. The maximum absolute atomic E-state index is 13.2. The average Bonchev–Trinajstić information content (AvgIpc) is 2.88. The number of nitrogen functional groups attached to an aromatic ring is 1. The average molecular weight is 564 g/mol. The van der Waals surface area contributed by atoms with Gasteiger partial charge in [-0.1, -0.05) is 38.1 Å². The first-order chi connectivity index (χ1) is 19.2. The number of hydrogen-bond acceptors (Lipinski definition) is 6. The number of nitrogens with two attached hydrogens (primary N) is 1. The Labute approximate surface area is 242 Å². The van der Waals surface area contributed by atoms with Crippen LogP contribution in [-0.2, 0) is 16.0 Å². The summed E-state index contributed by atoms with van der Waals surface area (Å²) in [5.74, 6) is -0.485. The second-order valence-electron chi connectivity index (χ2n) is 12.6. The summed E-state index contributed by atoms with van der Waals surface area (Å²) in [6.07, 6.45) is 1.31. The van der Waals surface area contributed by atoms with Gasteiger partial charge in [0.25, 0.3) is 0 Å². The third-order valence-electron chi connectivity index (χ3n) is 7.52. The predicted octanol–water partition coefficient (Wildman–Crippen LogP) is 6.97. The Morgan fingerprint density at radius 2 is 1.71 bits per heavy atom. The molecule has 2 heterocycles. The number of hydrogen-bond donors (Lipinski definition) is 2. The van der Waals surface area contributed by atoms with Crippen LogP contribution in [0.3, 0.4) is 0 Å². The quantitative estimate of drug-likeness (QED) is 0.290. The highest BCUT2D eigenvalue weighted by Crippen LogP contribution is 2.45. The lowest BCUT2D eigenvalue weighted by Gasteiger charge is -2.41. The highest BCUT2D eigenvalue weighted by molar-refractivity contribution is 5.90. The van der Waals surface area contributed by atoms with Crippen LogP contribution in [-0.4, -0.2) is 41.4 Å². The van der Waals surface area contributed by atoms with Gasteiger partial charge in [0.1, 0.15) is 17.4 Å². The normalized spacial score (nSPS) is 15.9. The number of anilines is 2. The van der Waals surface area contributed by atoms with Gasteiger partial charge in [-0.15, -0.1) is 0 Å². The van der Waals surface area contributed by atoms with E-state index in [4.69, 9.17) is 15.2 Å². The molecule has 1 unspecified atom stereocenters. The third-order valence-corrected chi connectivity index (χ3v) is 7.52. The van der Waals surface area contributed by atoms with Crippen LogP contribution in [0.25, 0.3) is 11.1 Å². The topological polar surface area (TPSA) is 97.9 Å². The van der Waals surface area contributed by atoms with Gasteiger partial charge >= 0.3 is 5.97 Å². The summed E-state index contributed by atoms with van der Waals surface area (Å²) >= 11 is 0. The summed E-state index contributed by atoms with van der Waals surface area (Å²) in [5, 5.41) is 10.3. The highest BCUT2D eigenvalue weighted by Gasteiger charge is 2.37. The van der Waals surface area contributed by atoms with Gasteiger partial charge in [-0.2, -0.15) is 0 Å². The third kappa shape index (κ3) is 7.55. The minimum absolute atomic E-state index is 0.170. The SMILES string of the molecule is Cc1nc(N)c(C(OC(C)(C)C)C(=O)O)c(N2CCC(C)(C)CC2)c1-c1ccc(OCCc2ccc(F)cc2)cc1. The van der Waals surface area contributed by atoms with E-state index >= 15 is 0 Å². The first kappa shape index (κ1) is 30.3. The van der Waals surface area contributed by atoms with Gasteiger partial charge in [0.15, 0.2) is 6.10 Å². The van der Waals surface area contributed by atoms with E-state index in [1.807, 2.05) is 52.0 Å². The van der Waals surface area contributed by atoms with Crippen molar-refractivity contribution in [3.05, 3.63) is 71.2 Å². The van der Waals surface area contributed by atoms with Crippen molar-refractivity contribution in [2.75, 3.05) is 30.3 Å². The molecule has 1 aromatic heterocycles. The molecule has 41 heavy (non-hydrogen) atoms. The molecule has 1 aliphatic rings. The molecular formula is C33H42FN3O4. The van der Waals surface area contributed by atoms with Crippen molar-refractivity contribution in [2.24, 2.45) is 5.41 Å². The monoisotopic (exact) mass is 563 g/mol. The number of carbonyl (C=O) groups is 1. The molecule has 0 bridgehead atoms. The predicted molar refractivity (Wildman–Crippen MR) is 161 cm³/mol. The number of aryl methyl sites for hydroxylation is 1. The molecular weight excluding hydrogens is 521 g/mol. The van der Waals surface area contributed by atoms with Crippen LogP contribution < -0.4 is 15.4 Å². The molecule has 8 heteroatoms. The minimum atomic E-state index is -1.28. The number of ether oxygens (including phenoxy) is 2. The van der Waals surface area contributed by atoms with Gasteiger partial charge in [-0.25, -0.2) is 14.2 Å². The standard InChI is InChI=1S/C33H42FN3O4/c1-21-26(23-9-13-25(14-10-23)40-20-15-22-7-11-24(34)12-8-22)28(37-18-16-33(5,6)17-19-37)27(30(35)36-21)29(31(38)39)41-32(2,3)4/h7-14,29H,15-20H2,1-6H3,(H2,35,36)(H,38,39). The molecule has 1 aliphatic heterocycles. The number of benzene rings is 2. The van der Waals surface area contributed by atoms with Crippen LogP contribution in [0.15, 0.2) is 48.5 Å². The zero-order chi connectivity index (χ0) is 29.9. The fourth-order valence-electron chi connectivity index (χ4n) is 5.23.